The van der Waals surface area contributed by atoms with Gasteiger partial charge in [-0.05, 0) is 29.8 Å². The fourth-order valence-electron chi connectivity index (χ4n) is 1.66. The second kappa shape index (κ2) is 4.19. The van der Waals surface area contributed by atoms with Crippen molar-refractivity contribution in [3.63, 3.8) is 0 Å². The Balaban J connectivity index is 2.61. The lowest BCUT2D eigenvalue weighted by molar-refractivity contribution is 0.660. The van der Waals surface area contributed by atoms with Gasteiger partial charge in [-0.2, -0.15) is 5.10 Å². The third kappa shape index (κ3) is 1.84. The van der Waals surface area contributed by atoms with Gasteiger partial charge in [0.05, 0.1) is 15.9 Å². The van der Waals surface area contributed by atoms with E-state index in [1.54, 1.807) is 0 Å². The zero-order valence-corrected chi connectivity index (χ0v) is 10.5. The van der Waals surface area contributed by atoms with Crippen molar-refractivity contribution in [1.29, 1.82) is 0 Å². The molecule has 78 valence electrons. The van der Waals surface area contributed by atoms with Gasteiger partial charge in [0.2, 0.25) is 0 Å². The van der Waals surface area contributed by atoms with Crippen LogP contribution in [0.15, 0.2) is 34.8 Å². The molecule has 0 fully saturated rings. The van der Waals surface area contributed by atoms with Gasteiger partial charge >= 0.3 is 0 Å². The second-order valence-corrected chi connectivity index (χ2v) is 4.22. The standard InChI is InChI=1S/C12H13BrN2/c1-3-15-12(11(13)9(2)14-15)10-7-5-4-6-8-10/h4-8H,3H2,1-2H3. The fraction of sp³-hybridized carbons (Fsp3) is 0.250. The Hall–Kier alpha value is -1.09. The predicted octanol–water partition coefficient (Wildman–Crippen LogP) is 3.64. The highest BCUT2D eigenvalue weighted by atomic mass is 79.9. The monoisotopic (exact) mass is 264 g/mol. The lowest BCUT2D eigenvalue weighted by Crippen LogP contribution is -1.99. The minimum absolute atomic E-state index is 0.886. The minimum Gasteiger partial charge on any atom is -0.264 e. The zero-order valence-electron chi connectivity index (χ0n) is 8.87. The normalized spacial score (nSPS) is 10.6. The molecule has 0 aliphatic heterocycles. The van der Waals surface area contributed by atoms with Gasteiger partial charge in [0, 0.05) is 12.1 Å². The van der Waals surface area contributed by atoms with E-state index in [0.29, 0.717) is 0 Å². The molecule has 0 radical (unpaired) electrons. The summed E-state index contributed by atoms with van der Waals surface area (Å²) in [5.74, 6) is 0. The summed E-state index contributed by atoms with van der Waals surface area (Å²) in [5.41, 5.74) is 3.40. The third-order valence-corrected chi connectivity index (χ3v) is 3.35. The van der Waals surface area contributed by atoms with Crippen LogP contribution < -0.4 is 0 Å². The van der Waals surface area contributed by atoms with Gasteiger partial charge < -0.3 is 0 Å². The summed E-state index contributed by atoms with van der Waals surface area (Å²) in [6.07, 6.45) is 0. The molecule has 1 aromatic heterocycles. The second-order valence-electron chi connectivity index (χ2n) is 3.43. The average Bonchev–Trinajstić information content (AvgIpc) is 2.56. The lowest BCUT2D eigenvalue weighted by atomic mass is 10.1. The molecule has 15 heavy (non-hydrogen) atoms. The molecule has 0 unspecified atom stereocenters. The third-order valence-electron chi connectivity index (χ3n) is 2.40. The summed E-state index contributed by atoms with van der Waals surface area (Å²) in [5, 5.41) is 4.47. The van der Waals surface area contributed by atoms with Gasteiger partial charge in [0.15, 0.2) is 0 Å². The van der Waals surface area contributed by atoms with Crippen LogP contribution in [0.25, 0.3) is 11.3 Å². The first kappa shape index (κ1) is 10.4. The maximum absolute atomic E-state index is 4.47. The lowest BCUT2D eigenvalue weighted by Gasteiger charge is -2.04. The van der Waals surface area contributed by atoms with Gasteiger partial charge in [-0.1, -0.05) is 30.3 Å². The number of hydrogen-bond acceptors (Lipinski definition) is 1. The number of nitrogens with zero attached hydrogens (tertiary/aromatic N) is 2. The van der Waals surface area contributed by atoms with Crippen LogP contribution in [0.4, 0.5) is 0 Å². The molecule has 0 N–H and O–H groups in total. The molecule has 0 amide bonds. The molecule has 1 heterocycles. The van der Waals surface area contributed by atoms with Gasteiger partial charge in [-0.3, -0.25) is 4.68 Å². The molecule has 2 aromatic rings. The van der Waals surface area contributed by atoms with Crippen molar-refractivity contribution in [3.8, 4) is 11.3 Å². The molecule has 2 rings (SSSR count). The molecular weight excluding hydrogens is 252 g/mol. The van der Waals surface area contributed by atoms with E-state index in [4.69, 9.17) is 0 Å². The maximum Gasteiger partial charge on any atom is 0.0827 e. The van der Waals surface area contributed by atoms with Crippen molar-refractivity contribution in [2.24, 2.45) is 0 Å². The van der Waals surface area contributed by atoms with Crippen LogP contribution in [0.5, 0.6) is 0 Å². The molecule has 3 heteroatoms. The van der Waals surface area contributed by atoms with Crippen molar-refractivity contribution in [3.05, 3.63) is 40.5 Å². The first-order valence-corrected chi connectivity index (χ1v) is 5.81. The highest BCUT2D eigenvalue weighted by Crippen LogP contribution is 2.30. The highest BCUT2D eigenvalue weighted by Gasteiger charge is 2.12. The van der Waals surface area contributed by atoms with Crippen molar-refractivity contribution in [1.82, 2.24) is 9.78 Å². The van der Waals surface area contributed by atoms with Crippen molar-refractivity contribution in [2.45, 2.75) is 20.4 Å². The number of aryl methyl sites for hydroxylation is 2. The summed E-state index contributed by atoms with van der Waals surface area (Å²) in [6, 6.07) is 10.3. The fourth-order valence-corrected chi connectivity index (χ4v) is 2.17. The number of benzene rings is 1. The quantitative estimate of drug-likeness (QED) is 0.810. The van der Waals surface area contributed by atoms with Crippen molar-refractivity contribution in [2.75, 3.05) is 0 Å². The molecule has 0 saturated heterocycles. The zero-order chi connectivity index (χ0) is 10.8. The number of halogens is 1. The van der Waals surface area contributed by atoms with Gasteiger partial charge in [-0.25, -0.2) is 0 Å². The smallest absolute Gasteiger partial charge is 0.0827 e. The van der Waals surface area contributed by atoms with E-state index in [2.05, 4.69) is 40.1 Å². The molecule has 0 aliphatic carbocycles. The van der Waals surface area contributed by atoms with Crippen LogP contribution >= 0.6 is 15.9 Å². The highest BCUT2D eigenvalue weighted by molar-refractivity contribution is 9.10. The minimum atomic E-state index is 0.886. The summed E-state index contributed by atoms with van der Waals surface area (Å²) in [7, 11) is 0. The van der Waals surface area contributed by atoms with E-state index in [9.17, 15) is 0 Å². The molecule has 0 aliphatic rings. The van der Waals surface area contributed by atoms with Gasteiger partial charge in [0.25, 0.3) is 0 Å². The van der Waals surface area contributed by atoms with Crippen LogP contribution in [0.3, 0.4) is 0 Å². The van der Waals surface area contributed by atoms with E-state index in [1.165, 1.54) is 5.56 Å². The molecule has 0 spiro atoms. The molecule has 2 nitrogen and oxygen atoms in total. The summed E-state index contributed by atoms with van der Waals surface area (Å²) < 4.78 is 3.12. The Labute approximate surface area is 98.1 Å². The van der Waals surface area contributed by atoms with E-state index in [0.717, 1.165) is 22.4 Å². The molecule has 1 aromatic carbocycles. The summed E-state index contributed by atoms with van der Waals surface area (Å²) >= 11 is 3.60. The SMILES string of the molecule is CCn1nc(C)c(Br)c1-c1ccccc1. The van der Waals surface area contributed by atoms with Crippen LogP contribution in [0, 0.1) is 6.92 Å². The molecule has 0 bridgehead atoms. The Kier molecular flexibility index (Phi) is 2.91. The largest absolute Gasteiger partial charge is 0.264 e. The van der Waals surface area contributed by atoms with Gasteiger partial charge in [-0.15, -0.1) is 0 Å². The molecular formula is C12H13BrN2. The Morgan fingerprint density at radius 3 is 2.53 bits per heavy atom. The number of aromatic nitrogens is 2. The number of hydrogen-bond donors (Lipinski definition) is 0. The topological polar surface area (TPSA) is 17.8 Å². The Morgan fingerprint density at radius 2 is 1.93 bits per heavy atom. The summed E-state index contributed by atoms with van der Waals surface area (Å²) in [4.78, 5) is 0. The van der Waals surface area contributed by atoms with E-state index >= 15 is 0 Å². The maximum atomic E-state index is 4.47. The van der Waals surface area contributed by atoms with Crippen LogP contribution in [0.1, 0.15) is 12.6 Å². The van der Waals surface area contributed by atoms with Crippen LogP contribution in [-0.4, -0.2) is 9.78 Å². The first-order valence-electron chi connectivity index (χ1n) is 5.02. The Morgan fingerprint density at radius 1 is 1.27 bits per heavy atom. The summed E-state index contributed by atoms with van der Waals surface area (Å²) in [6.45, 7) is 5.00. The van der Waals surface area contributed by atoms with Crippen LogP contribution in [0.2, 0.25) is 0 Å². The van der Waals surface area contributed by atoms with Crippen molar-refractivity contribution < 1.29 is 0 Å². The number of rotatable bonds is 2. The average molecular weight is 265 g/mol. The molecule has 0 saturated carbocycles. The van der Waals surface area contributed by atoms with Crippen molar-refractivity contribution >= 4 is 15.9 Å². The van der Waals surface area contributed by atoms with Gasteiger partial charge in [0.1, 0.15) is 0 Å². The molecule has 0 atom stereocenters. The van der Waals surface area contributed by atoms with Crippen LogP contribution in [-0.2, 0) is 6.54 Å². The van der Waals surface area contributed by atoms with E-state index < -0.39 is 0 Å². The first-order chi connectivity index (χ1) is 7.24. The van der Waals surface area contributed by atoms with E-state index in [-0.39, 0.29) is 0 Å². The predicted molar refractivity (Wildman–Crippen MR) is 65.8 cm³/mol. The van der Waals surface area contributed by atoms with E-state index in [1.807, 2.05) is 29.8 Å². The Bertz CT molecular complexity index is 460.